The van der Waals surface area contributed by atoms with E-state index < -0.39 is 0 Å². The van der Waals surface area contributed by atoms with E-state index in [-0.39, 0.29) is 0 Å². The van der Waals surface area contributed by atoms with Crippen LogP contribution in [0.4, 0.5) is 0 Å². The fourth-order valence-electron chi connectivity index (χ4n) is 2.06. The first-order valence-electron chi connectivity index (χ1n) is 6.70. The van der Waals surface area contributed by atoms with E-state index in [2.05, 4.69) is 42.9 Å². The molecule has 0 spiro atoms. The van der Waals surface area contributed by atoms with E-state index in [1.807, 2.05) is 0 Å². The van der Waals surface area contributed by atoms with E-state index in [1.165, 1.54) is 12.0 Å². The van der Waals surface area contributed by atoms with Crippen molar-refractivity contribution >= 4 is 11.3 Å². The van der Waals surface area contributed by atoms with Crippen molar-refractivity contribution in [2.75, 3.05) is 13.2 Å². The number of rotatable bonds is 9. The quantitative estimate of drug-likeness (QED) is 0.720. The van der Waals surface area contributed by atoms with Crippen LogP contribution in [0.2, 0.25) is 0 Å². The van der Waals surface area contributed by atoms with Gasteiger partial charge in [-0.15, -0.1) is 0 Å². The van der Waals surface area contributed by atoms with Crippen LogP contribution in [-0.2, 0) is 4.74 Å². The van der Waals surface area contributed by atoms with Gasteiger partial charge in [0.05, 0.1) is 12.1 Å². The third-order valence-corrected chi connectivity index (χ3v) is 3.54. The van der Waals surface area contributed by atoms with Crippen molar-refractivity contribution in [2.45, 2.75) is 52.2 Å². The van der Waals surface area contributed by atoms with Gasteiger partial charge in [0.2, 0.25) is 0 Å². The molecule has 0 aromatic carbocycles. The van der Waals surface area contributed by atoms with Crippen LogP contribution in [0.1, 0.15) is 51.6 Å². The van der Waals surface area contributed by atoms with Gasteiger partial charge < -0.3 is 10.1 Å². The molecule has 0 amide bonds. The van der Waals surface area contributed by atoms with Crippen LogP contribution in [0.3, 0.4) is 0 Å². The maximum atomic E-state index is 5.91. The highest BCUT2D eigenvalue weighted by Crippen LogP contribution is 2.24. The molecule has 1 N–H and O–H groups in total. The Balaban J connectivity index is 2.71. The third kappa shape index (κ3) is 4.78. The average molecular weight is 255 g/mol. The molecule has 1 aromatic rings. The summed E-state index contributed by atoms with van der Waals surface area (Å²) < 4.78 is 5.91. The van der Waals surface area contributed by atoms with Crippen LogP contribution >= 0.6 is 11.3 Å². The van der Waals surface area contributed by atoms with Crippen molar-refractivity contribution < 1.29 is 4.74 Å². The van der Waals surface area contributed by atoms with Gasteiger partial charge in [-0.1, -0.05) is 20.3 Å². The maximum Gasteiger partial charge on any atom is 0.0769 e. The first kappa shape index (κ1) is 14.7. The second kappa shape index (κ2) is 8.67. The van der Waals surface area contributed by atoms with Gasteiger partial charge in [-0.25, -0.2) is 0 Å². The van der Waals surface area contributed by atoms with Crippen LogP contribution in [0.25, 0.3) is 0 Å². The van der Waals surface area contributed by atoms with Crippen molar-refractivity contribution in [1.29, 1.82) is 0 Å². The van der Waals surface area contributed by atoms with Gasteiger partial charge in [0.25, 0.3) is 0 Å². The fourth-order valence-corrected chi connectivity index (χ4v) is 2.76. The van der Waals surface area contributed by atoms with E-state index in [4.69, 9.17) is 4.74 Å². The summed E-state index contributed by atoms with van der Waals surface area (Å²) in [7, 11) is 0. The summed E-state index contributed by atoms with van der Waals surface area (Å²) in [6.07, 6.45) is 3.74. The van der Waals surface area contributed by atoms with Crippen molar-refractivity contribution in [2.24, 2.45) is 0 Å². The SMILES string of the molecule is CCCNC(c1ccsc1)C(CCC)OCC. The predicted octanol–water partition coefficient (Wildman–Crippen LogP) is 3.99. The number of ether oxygens (including phenoxy) is 1. The molecular formula is C14H25NOS. The lowest BCUT2D eigenvalue weighted by molar-refractivity contribution is 0.0277. The molecule has 0 saturated carbocycles. The third-order valence-electron chi connectivity index (χ3n) is 2.84. The number of nitrogens with one attached hydrogen (secondary N) is 1. The summed E-state index contributed by atoms with van der Waals surface area (Å²) in [6, 6.07) is 2.56. The summed E-state index contributed by atoms with van der Waals surface area (Å²) in [5.74, 6) is 0. The molecule has 1 heterocycles. The molecule has 1 aromatic heterocycles. The molecular weight excluding hydrogens is 230 g/mol. The Bertz CT molecular complexity index is 268. The van der Waals surface area contributed by atoms with Gasteiger partial charge in [0.1, 0.15) is 0 Å². The molecule has 0 aliphatic rings. The highest BCUT2D eigenvalue weighted by atomic mass is 32.1. The minimum atomic E-state index is 0.297. The first-order chi connectivity index (χ1) is 8.33. The normalized spacial score (nSPS) is 14.8. The molecule has 0 aliphatic heterocycles. The number of hydrogen-bond donors (Lipinski definition) is 1. The summed E-state index contributed by atoms with van der Waals surface area (Å²) >= 11 is 1.76. The molecule has 0 aliphatic carbocycles. The lowest BCUT2D eigenvalue weighted by Crippen LogP contribution is -2.34. The second-order valence-electron chi connectivity index (χ2n) is 4.27. The molecule has 2 atom stereocenters. The van der Waals surface area contributed by atoms with Crippen LogP contribution in [-0.4, -0.2) is 19.3 Å². The monoisotopic (exact) mass is 255 g/mol. The van der Waals surface area contributed by atoms with Gasteiger partial charge in [0, 0.05) is 6.61 Å². The van der Waals surface area contributed by atoms with E-state index in [0.717, 1.165) is 26.0 Å². The van der Waals surface area contributed by atoms with Crippen LogP contribution < -0.4 is 5.32 Å². The molecule has 98 valence electrons. The molecule has 0 bridgehead atoms. The van der Waals surface area contributed by atoms with Gasteiger partial charge in [-0.05, 0) is 48.7 Å². The van der Waals surface area contributed by atoms with Gasteiger partial charge in [0.15, 0.2) is 0 Å². The van der Waals surface area contributed by atoms with Crippen LogP contribution in [0.5, 0.6) is 0 Å². The highest BCUT2D eigenvalue weighted by Gasteiger charge is 2.22. The zero-order valence-electron chi connectivity index (χ0n) is 11.2. The Morgan fingerprint density at radius 3 is 2.65 bits per heavy atom. The molecule has 3 heteroatoms. The van der Waals surface area contributed by atoms with Crippen LogP contribution in [0.15, 0.2) is 16.8 Å². The number of thiophene rings is 1. The predicted molar refractivity (Wildman–Crippen MR) is 75.7 cm³/mol. The van der Waals surface area contributed by atoms with Crippen molar-refractivity contribution in [1.82, 2.24) is 5.32 Å². The lowest BCUT2D eigenvalue weighted by atomic mass is 10.0. The minimum absolute atomic E-state index is 0.297. The molecule has 2 unspecified atom stereocenters. The Morgan fingerprint density at radius 2 is 2.12 bits per heavy atom. The number of hydrogen-bond acceptors (Lipinski definition) is 3. The first-order valence-corrected chi connectivity index (χ1v) is 7.64. The highest BCUT2D eigenvalue weighted by molar-refractivity contribution is 7.07. The Morgan fingerprint density at radius 1 is 1.29 bits per heavy atom. The summed E-state index contributed by atoms with van der Waals surface area (Å²) in [6.45, 7) is 8.34. The Labute approximate surface area is 109 Å². The smallest absolute Gasteiger partial charge is 0.0769 e. The molecule has 17 heavy (non-hydrogen) atoms. The molecule has 1 rings (SSSR count). The Hall–Kier alpha value is -0.380. The summed E-state index contributed by atoms with van der Waals surface area (Å²) in [4.78, 5) is 0. The summed E-state index contributed by atoms with van der Waals surface area (Å²) in [5, 5.41) is 8.00. The van der Waals surface area contributed by atoms with Crippen molar-refractivity contribution in [3.63, 3.8) is 0 Å². The molecule has 0 saturated heterocycles. The van der Waals surface area contributed by atoms with E-state index in [9.17, 15) is 0 Å². The lowest BCUT2D eigenvalue weighted by Gasteiger charge is -2.27. The van der Waals surface area contributed by atoms with E-state index in [0.29, 0.717) is 12.1 Å². The largest absolute Gasteiger partial charge is 0.377 e. The molecule has 2 nitrogen and oxygen atoms in total. The van der Waals surface area contributed by atoms with Gasteiger partial charge >= 0.3 is 0 Å². The van der Waals surface area contributed by atoms with Gasteiger partial charge in [-0.3, -0.25) is 0 Å². The zero-order chi connectivity index (χ0) is 12.5. The standard InChI is InChI=1S/C14H25NOS/c1-4-7-13(16-6-3)14(15-9-5-2)12-8-10-17-11-12/h8,10-11,13-15H,4-7,9H2,1-3H3. The van der Waals surface area contributed by atoms with E-state index >= 15 is 0 Å². The van der Waals surface area contributed by atoms with Crippen molar-refractivity contribution in [3.05, 3.63) is 22.4 Å². The van der Waals surface area contributed by atoms with Crippen LogP contribution in [0, 0.1) is 0 Å². The Kier molecular flexibility index (Phi) is 7.49. The average Bonchev–Trinajstić information content (AvgIpc) is 2.84. The fraction of sp³-hybridized carbons (Fsp3) is 0.714. The minimum Gasteiger partial charge on any atom is -0.377 e. The molecule has 0 radical (unpaired) electrons. The molecule has 0 fully saturated rings. The van der Waals surface area contributed by atoms with Crippen molar-refractivity contribution in [3.8, 4) is 0 Å². The maximum absolute atomic E-state index is 5.91. The zero-order valence-corrected chi connectivity index (χ0v) is 12.1. The topological polar surface area (TPSA) is 21.3 Å². The van der Waals surface area contributed by atoms with E-state index in [1.54, 1.807) is 11.3 Å². The van der Waals surface area contributed by atoms with Gasteiger partial charge in [-0.2, -0.15) is 11.3 Å². The summed E-state index contributed by atoms with van der Waals surface area (Å²) in [5.41, 5.74) is 1.37. The second-order valence-corrected chi connectivity index (χ2v) is 5.05.